The number of carbonyl (C=O) groups excluding carboxylic acids is 1. The van der Waals surface area contributed by atoms with Crippen LogP contribution in [-0.2, 0) is 23.4 Å². The van der Waals surface area contributed by atoms with Gasteiger partial charge in [0.15, 0.2) is 14.5 Å². The minimum Gasteiger partial charge on any atom is -0.433 e. The van der Waals surface area contributed by atoms with Gasteiger partial charge >= 0.3 is 11.7 Å². The molecule has 1 fully saturated rings. The Morgan fingerprint density at radius 2 is 1.89 bits per heavy atom. The van der Waals surface area contributed by atoms with Crippen LogP contribution < -0.4 is 11.2 Å². The van der Waals surface area contributed by atoms with Crippen LogP contribution in [0.3, 0.4) is 0 Å². The van der Waals surface area contributed by atoms with Gasteiger partial charge in [0, 0.05) is 26.3 Å². The first-order valence-electron chi connectivity index (χ1n) is 8.72. The number of aromatic nitrogens is 2. The number of methoxy groups -OCH3 is 1. The maximum absolute atomic E-state index is 12.2. The average Bonchev–Trinajstić information content (AvgIpc) is 2.82. The van der Waals surface area contributed by atoms with Crippen LogP contribution in [0.15, 0.2) is 21.9 Å². The van der Waals surface area contributed by atoms with Gasteiger partial charge in [-0.25, -0.2) is 4.79 Å². The zero-order valence-corrected chi connectivity index (χ0v) is 17.8. The summed E-state index contributed by atoms with van der Waals surface area (Å²) in [5.74, 6) is -0.534. The highest BCUT2D eigenvalue weighted by atomic mass is 28.4. The molecule has 1 aliphatic rings. The summed E-state index contributed by atoms with van der Waals surface area (Å²) in [5, 5.41) is -0.0982. The lowest BCUT2D eigenvalue weighted by molar-refractivity contribution is -0.190. The molecule has 152 valence electrons. The van der Waals surface area contributed by atoms with E-state index in [-0.39, 0.29) is 5.04 Å². The number of esters is 1. The van der Waals surface area contributed by atoms with Crippen molar-refractivity contribution in [2.45, 2.75) is 70.6 Å². The summed E-state index contributed by atoms with van der Waals surface area (Å²) in [5.41, 5.74) is -1.17. The predicted octanol–water partition coefficient (Wildman–Crippen LogP) is 1.36. The monoisotopic (exact) mass is 400 g/mol. The van der Waals surface area contributed by atoms with Crippen LogP contribution in [0.4, 0.5) is 0 Å². The van der Waals surface area contributed by atoms with E-state index in [1.165, 1.54) is 30.9 Å². The highest BCUT2D eigenvalue weighted by molar-refractivity contribution is 6.74. The lowest BCUT2D eigenvalue weighted by Gasteiger charge is -2.40. The molecular weight excluding hydrogens is 372 g/mol. The van der Waals surface area contributed by atoms with Crippen molar-refractivity contribution < 1.29 is 23.4 Å². The molecule has 1 aromatic heterocycles. The molecule has 1 N–H and O–H groups in total. The van der Waals surface area contributed by atoms with Crippen LogP contribution in [0.2, 0.25) is 18.1 Å². The SMILES string of the molecule is CO[C@@H]1[C@H](O[Si](C)(C)C(C)(C)C)[C@@H](OC(C)=O)O[C@H]1n1ccc(=O)[nH]c1=O. The lowest BCUT2D eigenvalue weighted by Crippen LogP contribution is -2.50. The Morgan fingerprint density at radius 1 is 1.26 bits per heavy atom. The van der Waals surface area contributed by atoms with Crippen LogP contribution in [0, 0.1) is 0 Å². The van der Waals surface area contributed by atoms with E-state index in [9.17, 15) is 14.4 Å². The van der Waals surface area contributed by atoms with Crippen molar-refractivity contribution in [1.82, 2.24) is 9.55 Å². The fraction of sp³-hybridized carbons (Fsp3) is 0.706. The molecule has 27 heavy (non-hydrogen) atoms. The maximum Gasteiger partial charge on any atom is 0.330 e. The Balaban J connectivity index is 2.43. The minimum atomic E-state index is -2.27. The van der Waals surface area contributed by atoms with E-state index in [0.29, 0.717) is 0 Å². The van der Waals surface area contributed by atoms with Gasteiger partial charge in [-0.2, -0.15) is 0 Å². The Morgan fingerprint density at radius 3 is 2.37 bits per heavy atom. The van der Waals surface area contributed by atoms with Crippen LogP contribution in [0.1, 0.15) is 33.9 Å². The summed E-state index contributed by atoms with van der Waals surface area (Å²) in [6.45, 7) is 11.6. The van der Waals surface area contributed by atoms with Gasteiger partial charge in [-0.1, -0.05) is 20.8 Å². The molecule has 0 aromatic carbocycles. The third-order valence-electron chi connectivity index (χ3n) is 5.06. The molecule has 0 spiro atoms. The highest BCUT2D eigenvalue weighted by Crippen LogP contribution is 2.41. The first-order valence-corrected chi connectivity index (χ1v) is 11.6. The van der Waals surface area contributed by atoms with Crippen molar-refractivity contribution in [2.24, 2.45) is 0 Å². The van der Waals surface area contributed by atoms with Gasteiger partial charge in [0.25, 0.3) is 5.56 Å². The van der Waals surface area contributed by atoms with E-state index in [1.54, 1.807) is 0 Å². The zero-order valence-electron chi connectivity index (χ0n) is 16.8. The standard InChI is InChI=1S/C17H28N2O7Si/c1-10(20)24-15-13(26-27(6,7)17(2,3)4)12(23-5)14(25-15)19-9-8-11(21)18-16(19)22/h8-9,12-15H,1-7H3,(H,18,21,22)/t12-,13+,14-,15+/m1/s1. The maximum atomic E-state index is 12.2. The lowest BCUT2D eigenvalue weighted by atomic mass is 10.2. The van der Waals surface area contributed by atoms with E-state index in [1.807, 2.05) is 0 Å². The molecule has 4 atom stereocenters. The number of nitrogens with zero attached hydrogens (tertiary/aromatic N) is 1. The molecule has 0 amide bonds. The summed E-state index contributed by atoms with van der Waals surface area (Å²) < 4.78 is 24.3. The van der Waals surface area contributed by atoms with Crippen molar-refractivity contribution in [2.75, 3.05) is 7.11 Å². The van der Waals surface area contributed by atoms with Gasteiger partial charge in [-0.3, -0.25) is 19.1 Å². The Hall–Kier alpha value is -1.75. The zero-order chi connectivity index (χ0) is 20.6. The second-order valence-electron chi connectivity index (χ2n) is 8.06. The van der Waals surface area contributed by atoms with E-state index >= 15 is 0 Å². The van der Waals surface area contributed by atoms with Crippen molar-refractivity contribution in [3.63, 3.8) is 0 Å². The third kappa shape index (κ3) is 4.57. The van der Waals surface area contributed by atoms with Crippen LogP contribution in [0.5, 0.6) is 0 Å². The molecule has 0 saturated carbocycles. The number of aromatic amines is 1. The van der Waals surface area contributed by atoms with Crippen LogP contribution in [0.25, 0.3) is 0 Å². The number of ether oxygens (including phenoxy) is 3. The summed E-state index contributed by atoms with van der Waals surface area (Å²) in [6, 6.07) is 1.21. The Kier molecular flexibility index (Phi) is 6.15. The van der Waals surface area contributed by atoms with E-state index in [0.717, 1.165) is 0 Å². The van der Waals surface area contributed by atoms with Crippen LogP contribution in [-0.4, -0.2) is 49.4 Å². The van der Waals surface area contributed by atoms with E-state index in [2.05, 4.69) is 38.8 Å². The molecule has 1 saturated heterocycles. The second kappa shape index (κ2) is 7.70. The first-order chi connectivity index (χ1) is 12.4. The molecule has 2 rings (SSSR count). The van der Waals surface area contributed by atoms with Gasteiger partial charge in [0.1, 0.15) is 12.2 Å². The van der Waals surface area contributed by atoms with Crippen LogP contribution >= 0.6 is 0 Å². The minimum absolute atomic E-state index is 0.0982. The highest BCUT2D eigenvalue weighted by Gasteiger charge is 2.52. The van der Waals surface area contributed by atoms with Gasteiger partial charge in [0.2, 0.25) is 6.29 Å². The van der Waals surface area contributed by atoms with Gasteiger partial charge < -0.3 is 18.6 Å². The summed E-state index contributed by atoms with van der Waals surface area (Å²) in [7, 11) is -0.802. The van der Waals surface area contributed by atoms with Crippen molar-refractivity contribution >= 4 is 14.3 Å². The van der Waals surface area contributed by atoms with E-state index in [4.69, 9.17) is 18.6 Å². The summed E-state index contributed by atoms with van der Waals surface area (Å²) in [4.78, 5) is 37.3. The molecule has 9 nitrogen and oxygen atoms in total. The van der Waals surface area contributed by atoms with Crippen molar-refractivity contribution in [1.29, 1.82) is 0 Å². The molecule has 10 heteroatoms. The second-order valence-corrected chi connectivity index (χ2v) is 12.8. The topological polar surface area (TPSA) is 109 Å². The number of H-pyrrole nitrogens is 1. The van der Waals surface area contributed by atoms with Crippen molar-refractivity contribution in [3.05, 3.63) is 33.1 Å². The van der Waals surface area contributed by atoms with Crippen molar-refractivity contribution in [3.8, 4) is 0 Å². The Labute approximate surface area is 158 Å². The number of rotatable bonds is 5. The molecule has 1 aliphatic heterocycles. The molecule has 0 bridgehead atoms. The smallest absolute Gasteiger partial charge is 0.330 e. The van der Waals surface area contributed by atoms with Gasteiger partial charge in [0.05, 0.1) is 0 Å². The predicted molar refractivity (Wildman–Crippen MR) is 99.9 cm³/mol. The normalized spacial score (nSPS) is 26.2. The van der Waals surface area contributed by atoms with E-state index < -0.39 is 50.3 Å². The molecule has 2 heterocycles. The first kappa shape index (κ1) is 21.5. The molecular formula is C17H28N2O7Si. The average molecular weight is 401 g/mol. The number of hydrogen-bond donors (Lipinski definition) is 1. The van der Waals surface area contributed by atoms with Gasteiger partial charge in [-0.15, -0.1) is 0 Å². The third-order valence-corrected chi connectivity index (χ3v) is 9.54. The summed E-state index contributed by atoms with van der Waals surface area (Å²) >= 11 is 0. The Bertz CT molecular complexity index is 795. The molecule has 0 unspecified atom stereocenters. The largest absolute Gasteiger partial charge is 0.433 e. The number of nitrogens with one attached hydrogen (secondary N) is 1. The van der Waals surface area contributed by atoms with Gasteiger partial charge in [-0.05, 0) is 18.1 Å². The fourth-order valence-electron chi connectivity index (χ4n) is 2.61. The molecule has 0 radical (unpaired) electrons. The molecule has 1 aromatic rings. The quantitative estimate of drug-likeness (QED) is 0.587. The molecule has 0 aliphatic carbocycles. The summed E-state index contributed by atoms with van der Waals surface area (Å²) in [6.07, 6.45) is -2.07. The number of carbonyl (C=O) groups is 1. The fourth-order valence-corrected chi connectivity index (χ4v) is 3.89. The number of hydrogen-bond acceptors (Lipinski definition) is 7.